The van der Waals surface area contributed by atoms with Crippen LogP contribution in [0.5, 0.6) is 5.75 Å². The Balaban J connectivity index is 2.21. The van der Waals surface area contributed by atoms with Crippen LogP contribution in [0.1, 0.15) is 0 Å². The molecule has 0 radical (unpaired) electrons. The molecule has 3 rings (SSSR count). The van der Waals surface area contributed by atoms with Crippen molar-refractivity contribution in [2.75, 3.05) is 12.4 Å². The Morgan fingerprint density at radius 3 is 2.00 bits per heavy atom. The summed E-state index contributed by atoms with van der Waals surface area (Å²) in [5.74, 6) is -1.93. The van der Waals surface area contributed by atoms with Gasteiger partial charge in [0, 0.05) is 5.39 Å². The molecule has 4 N–H and O–H groups in total. The van der Waals surface area contributed by atoms with Crippen LogP contribution >= 0.6 is 0 Å². The van der Waals surface area contributed by atoms with Gasteiger partial charge >= 0.3 is 10.4 Å². The van der Waals surface area contributed by atoms with E-state index in [9.17, 15) is 47.9 Å². The number of azo groups is 1. The van der Waals surface area contributed by atoms with Crippen LogP contribution in [0.3, 0.4) is 0 Å². The highest BCUT2D eigenvalue weighted by Gasteiger charge is 2.29. The SMILES string of the molecule is O=S(=O)(O)OCCS(=O)(=O)c1cccc(N=Nc2c(S(=O)(=O)O)cc3ccccc3c2O)c1S(=O)(=O)O. The van der Waals surface area contributed by atoms with Crippen LogP contribution in [-0.4, -0.2) is 64.8 Å². The third-order valence-electron chi connectivity index (χ3n) is 4.63. The number of rotatable bonds is 9. The number of hydrogen-bond donors (Lipinski definition) is 4. The van der Waals surface area contributed by atoms with Gasteiger partial charge in [-0.05, 0) is 23.6 Å². The quantitative estimate of drug-likeness (QED) is 0.204. The van der Waals surface area contributed by atoms with Crippen LogP contribution in [0.2, 0.25) is 0 Å². The smallest absolute Gasteiger partial charge is 0.397 e. The summed E-state index contributed by atoms with van der Waals surface area (Å²) in [5, 5.41) is 17.8. The van der Waals surface area contributed by atoms with Gasteiger partial charge in [-0.25, -0.2) is 12.6 Å². The Hall–Kier alpha value is -3.04. The molecule has 0 aliphatic carbocycles. The minimum absolute atomic E-state index is 0.0778. The Labute approximate surface area is 210 Å². The predicted octanol–water partition coefficient (Wildman–Crippen LogP) is 2.05. The lowest BCUT2D eigenvalue weighted by Crippen LogP contribution is -2.18. The monoisotopic (exact) mass is 596 g/mol. The largest absolute Gasteiger partial charge is 0.505 e. The van der Waals surface area contributed by atoms with Crippen LogP contribution < -0.4 is 0 Å². The molecule has 0 heterocycles. The molecule has 0 atom stereocenters. The molecule has 0 spiro atoms. The third-order valence-corrected chi connectivity index (χ3v) is 8.75. The summed E-state index contributed by atoms with van der Waals surface area (Å²) in [6.45, 7) is -1.11. The van der Waals surface area contributed by atoms with Crippen molar-refractivity contribution in [2.45, 2.75) is 14.7 Å². The maximum absolute atomic E-state index is 12.6. The number of nitrogens with zero attached hydrogens (tertiary/aromatic N) is 2. The highest BCUT2D eigenvalue weighted by atomic mass is 32.3. The fourth-order valence-electron chi connectivity index (χ4n) is 3.14. The Morgan fingerprint density at radius 2 is 1.41 bits per heavy atom. The molecule has 0 bridgehead atoms. The van der Waals surface area contributed by atoms with E-state index in [0.29, 0.717) is 0 Å². The Morgan fingerprint density at radius 1 is 0.757 bits per heavy atom. The summed E-state index contributed by atoms with van der Waals surface area (Å²) in [6, 6.07) is 9.36. The average molecular weight is 597 g/mol. The first-order valence-electron chi connectivity index (χ1n) is 9.51. The molecule has 0 aliphatic heterocycles. The van der Waals surface area contributed by atoms with Crippen molar-refractivity contribution in [2.24, 2.45) is 10.2 Å². The van der Waals surface area contributed by atoms with Crippen molar-refractivity contribution in [3.05, 3.63) is 48.5 Å². The third kappa shape index (κ3) is 6.64. The lowest BCUT2D eigenvalue weighted by atomic mass is 10.1. The van der Waals surface area contributed by atoms with Crippen LogP contribution in [0.4, 0.5) is 11.4 Å². The standard InChI is InChI=1S/C18H16N2O13S4/c21-17-12-5-2-1-4-11(12)10-15(35(24,25)26)16(17)20-19-13-6-3-7-14(18(13)36(27,28)29)34(22,23)9-8-33-37(30,31)32/h1-7,10,21H,8-9H2,(H,24,25,26)(H,27,28,29)(H,30,31,32). The second-order valence-corrected chi connectivity index (χ2v) is 13.0. The van der Waals surface area contributed by atoms with Gasteiger partial charge in [-0.2, -0.15) is 25.3 Å². The van der Waals surface area contributed by atoms with Gasteiger partial charge in [-0.15, -0.1) is 10.2 Å². The van der Waals surface area contributed by atoms with Gasteiger partial charge in [0.2, 0.25) is 0 Å². The number of fused-ring (bicyclic) bond motifs is 1. The van der Waals surface area contributed by atoms with Crippen molar-refractivity contribution in [3.8, 4) is 5.75 Å². The lowest BCUT2D eigenvalue weighted by Gasteiger charge is -2.11. The van der Waals surface area contributed by atoms with Crippen molar-refractivity contribution >= 4 is 62.6 Å². The number of benzene rings is 3. The van der Waals surface area contributed by atoms with Gasteiger partial charge in [0.05, 0.1) is 17.3 Å². The normalized spacial score (nSPS) is 13.4. The number of phenolic OH excluding ortho intramolecular Hbond substituents is 1. The summed E-state index contributed by atoms with van der Waals surface area (Å²) in [7, 11) is -20.1. The lowest BCUT2D eigenvalue weighted by molar-refractivity contribution is 0.283. The fourth-order valence-corrected chi connectivity index (χ4v) is 6.78. The Bertz CT molecular complexity index is 1850. The topological polar surface area (TPSA) is 251 Å². The van der Waals surface area contributed by atoms with Gasteiger partial charge in [0.1, 0.15) is 21.2 Å². The summed E-state index contributed by atoms with van der Waals surface area (Å²) in [4.78, 5) is -3.27. The van der Waals surface area contributed by atoms with Crippen molar-refractivity contribution in [1.29, 1.82) is 0 Å². The predicted molar refractivity (Wildman–Crippen MR) is 125 cm³/mol. The molecular formula is C18H16N2O13S4. The molecule has 15 nitrogen and oxygen atoms in total. The summed E-state index contributed by atoms with van der Waals surface area (Å²) >= 11 is 0. The number of aromatic hydroxyl groups is 1. The molecule has 0 unspecified atom stereocenters. The zero-order valence-corrected chi connectivity index (χ0v) is 21.3. The molecule has 0 amide bonds. The van der Waals surface area contributed by atoms with Gasteiger partial charge in [0.25, 0.3) is 20.2 Å². The first kappa shape index (κ1) is 28.5. The van der Waals surface area contributed by atoms with Crippen molar-refractivity contribution in [1.82, 2.24) is 0 Å². The highest BCUT2D eigenvalue weighted by molar-refractivity contribution is 7.93. The second kappa shape index (κ2) is 10.0. The van der Waals surface area contributed by atoms with Gasteiger partial charge in [-0.3, -0.25) is 13.7 Å². The molecule has 37 heavy (non-hydrogen) atoms. The Kier molecular flexibility index (Phi) is 7.73. The summed E-state index contributed by atoms with van der Waals surface area (Å²) in [6.07, 6.45) is 0. The first-order valence-corrected chi connectivity index (χ1v) is 15.4. The maximum atomic E-state index is 12.6. The van der Waals surface area contributed by atoms with E-state index in [0.717, 1.165) is 24.3 Å². The zero-order chi connectivity index (χ0) is 27.8. The van der Waals surface area contributed by atoms with E-state index >= 15 is 0 Å². The van der Waals surface area contributed by atoms with Crippen molar-refractivity contribution < 1.29 is 56.6 Å². The molecule has 200 valence electrons. The minimum Gasteiger partial charge on any atom is -0.505 e. The van der Waals surface area contributed by atoms with E-state index in [4.69, 9.17) is 4.55 Å². The van der Waals surface area contributed by atoms with E-state index in [2.05, 4.69) is 14.4 Å². The van der Waals surface area contributed by atoms with Crippen LogP contribution in [0.15, 0.2) is 73.4 Å². The second-order valence-electron chi connectivity index (χ2n) is 7.12. The van der Waals surface area contributed by atoms with Crippen LogP contribution in [-0.2, 0) is 44.7 Å². The van der Waals surface area contributed by atoms with E-state index in [1.807, 2.05) is 0 Å². The summed E-state index contributed by atoms with van der Waals surface area (Å²) in [5.41, 5.74) is -1.65. The molecule has 3 aromatic rings. The average Bonchev–Trinajstić information content (AvgIpc) is 2.75. The molecule has 3 aromatic carbocycles. The highest BCUT2D eigenvalue weighted by Crippen LogP contribution is 2.42. The van der Waals surface area contributed by atoms with E-state index < -0.39 is 84.6 Å². The van der Waals surface area contributed by atoms with E-state index in [1.54, 1.807) is 0 Å². The maximum Gasteiger partial charge on any atom is 0.397 e. The molecule has 0 aliphatic rings. The molecule has 0 fully saturated rings. The van der Waals surface area contributed by atoms with Gasteiger partial charge in [-0.1, -0.05) is 30.3 Å². The number of sulfone groups is 1. The first-order chi connectivity index (χ1) is 16.9. The van der Waals surface area contributed by atoms with Gasteiger partial charge < -0.3 is 5.11 Å². The van der Waals surface area contributed by atoms with Crippen molar-refractivity contribution in [3.63, 3.8) is 0 Å². The number of phenols is 1. The van der Waals surface area contributed by atoms with Crippen LogP contribution in [0, 0.1) is 0 Å². The van der Waals surface area contributed by atoms with E-state index in [-0.39, 0.29) is 10.8 Å². The zero-order valence-electron chi connectivity index (χ0n) is 18.0. The fraction of sp³-hybridized carbons (Fsp3) is 0.111. The van der Waals surface area contributed by atoms with E-state index in [1.165, 1.54) is 24.3 Å². The molecule has 0 saturated carbocycles. The molecule has 19 heteroatoms. The molecular weight excluding hydrogens is 580 g/mol. The summed E-state index contributed by atoms with van der Waals surface area (Å²) < 4.78 is 126. The number of hydrogen-bond acceptors (Lipinski definition) is 12. The van der Waals surface area contributed by atoms with Crippen LogP contribution in [0.25, 0.3) is 10.8 Å². The minimum atomic E-state index is -5.36. The molecule has 0 aromatic heterocycles. The van der Waals surface area contributed by atoms with Gasteiger partial charge in [0.15, 0.2) is 15.6 Å². The molecule has 0 saturated heterocycles.